The lowest BCUT2D eigenvalue weighted by Gasteiger charge is -2.22. The van der Waals surface area contributed by atoms with Gasteiger partial charge in [-0.1, -0.05) is 43.1 Å². The summed E-state index contributed by atoms with van der Waals surface area (Å²) < 4.78 is 28.3. The normalized spacial score (nSPS) is 12.0. The van der Waals surface area contributed by atoms with Crippen molar-refractivity contribution in [3.05, 3.63) is 16.8 Å². The van der Waals surface area contributed by atoms with Gasteiger partial charge in [0.05, 0.1) is 0 Å². The Bertz CT molecular complexity index is 399. The van der Waals surface area contributed by atoms with Crippen LogP contribution >= 0.6 is 15.9 Å². The quantitative estimate of drug-likeness (QED) is 0.468. The van der Waals surface area contributed by atoms with E-state index in [-0.39, 0.29) is 5.41 Å². The third kappa shape index (κ3) is 11.4. The maximum Gasteiger partial charge on any atom is 0.276 e. The van der Waals surface area contributed by atoms with Crippen molar-refractivity contribution in [3.8, 4) is 0 Å². The van der Waals surface area contributed by atoms with Crippen LogP contribution in [0.5, 0.6) is 0 Å². The number of allylic oxidation sites excluding steroid dienone is 1. The molecule has 0 aliphatic carbocycles. The van der Waals surface area contributed by atoms with E-state index in [1.807, 2.05) is 13.0 Å². The molecule has 0 aliphatic rings. The molecule has 4 nitrogen and oxygen atoms in total. The van der Waals surface area contributed by atoms with Crippen LogP contribution in [0.25, 0.3) is 0 Å². The first kappa shape index (κ1) is 18.9. The number of halogens is 1. The van der Waals surface area contributed by atoms with E-state index in [1.54, 1.807) is 4.99 Å². The van der Waals surface area contributed by atoms with Gasteiger partial charge in [-0.15, -0.1) is 5.73 Å². The van der Waals surface area contributed by atoms with Gasteiger partial charge in [0.25, 0.3) is 10.2 Å². The largest absolute Gasteiger partial charge is 0.276 e. The highest BCUT2D eigenvalue weighted by Crippen LogP contribution is 2.24. The van der Waals surface area contributed by atoms with Crippen LogP contribution < -0.4 is 9.44 Å². The first-order valence-electron chi connectivity index (χ1n) is 6.57. The summed E-state index contributed by atoms with van der Waals surface area (Å²) in [5, 5.41) is 0. The minimum atomic E-state index is -3.34. The van der Waals surface area contributed by atoms with Gasteiger partial charge in [-0.05, 0) is 30.8 Å². The molecule has 0 radical (unpaired) electrons. The smallest absolute Gasteiger partial charge is 0.202 e. The Labute approximate surface area is 126 Å². The molecule has 6 heteroatoms. The molecule has 0 atom stereocenters. The Kier molecular flexibility index (Phi) is 9.66. The molecule has 0 saturated carbocycles. The summed E-state index contributed by atoms with van der Waals surface area (Å²) >= 11 is 3.16. The molecule has 2 N–H and O–H groups in total. The second-order valence-electron chi connectivity index (χ2n) is 5.24. The fraction of sp³-hybridized carbons (Fsp3) is 0.769. The van der Waals surface area contributed by atoms with Crippen LogP contribution in [-0.4, -0.2) is 21.5 Å². The minimum absolute atomic E-state index is 0.0505. The van der Waals surface area contributed by atoms with E-state index in [2.05, 4.69) is 45.0 Å². The summed E-state index contributed by atoms with van der Waals surface area (Å²) in [7, 11) is -3.34. The van der Waals surface area contributed by atoms with Gasteiger partial charge in [-0.25, -0.2) is 9.44 Å². The molecule has 0 unspecified atom stereocenters. The van der Waals surface area contributed by atoms with Crippen LogP contribution in [0, 0.1) is 5.41 Å². The van der Waals surface area contributed by atoms with Gasteiger partial charge in [0.2, 0.25) is 0 Å². The molecule has 0 bridgehead atoms. The van der Waals surface area contributed by atoms with Crippen molar-refractivity contribution in [1.29, 1.82) is 0 Å². The van der Waals surface area contributed by atoms with Gasteiger partial charge in [0, 0.05) is 18.1 Å². The summed E-state index contributed by atoms with van der Waals surface area (Å²) in [6.45, 7) is 7.18. The van der Waals surface area contributed by atoms with Crippen molar-refractivity contribution < 1.29 is 8.42 Å². The van der Waals surface area contributed by atoms with E-state index in [4.69, 9.17) is 0 Å². The van der Waals surface area contributed by atoms with Crippen molar-refractivity contribution in [2.24, 2.45) is 5.41 Å². The van der Waals surface area contributed by atoms with Crippen LogP contribution in [0.1, 0.15) is 46.5 Å². The molecule has 0 heterocycles. The number of unbranched alkanes of at least 4 members (excludes halogenated alkanes) is 1. The van der Waals surface area contributed by atoms with Crippen LogP contribution in [-0.2, 0) is 10.2 Å². The molecule has 0 aromatic rings. The number of rotatable bonds is 10. The van der Waals surface area contributed by atoms with Crippen molar-refractivity contribution in [3.63, 3.8) is 0 Å². The fourth-order valence-electron chi connectivity index (χ4n) is 1.44. The second kappa shape index (κ2) is 9.72. The minimum Gasteiger partial charge on any atom is -0.202 e. The highest BCUT2D eigenvalue weighted by atomic mass is 79.9. The topological polar surface area (TPSA) is 58.2 Å². The van der Waals surface area contributed by atoms with Crippen LogP contribution in [0.4, 0.5) is 0 Å². The predicted molar refractivity (Wildman–Crippen MR) is 84.4 cm³/mol. The Morgan fingerprint density at radius 1 is 1.26 bits per heavy atom. The van der Waals surface area contributed by atoms with E-state index in [1.165, 1.54) is 0 Å². The van der Waals surface area contributed by atoms with E-state index in [9.17, 15) is 8.42 Å². The van der Waals surface area contributed by atoms with Crippen molar-refractivity contribution in [2.45, 2.75) is 46.5 Å². The molecule has 0 saturated heterocycles. The molecule has 0 aliphatic heterocycles. The van der Waals surface area contributed by atoms with Gasteiger partial charge >= 0.3 is 0 Å². The van der Waals surface area contributed by atoms with E-state index >= 15 is 0 Å². The molecule has 0 rings (SSSR count). The molecule has 112 valence electrons. The summed E-state index contributed by atoms with van der Waals surface area (Å²) in [6, 6.07) is 0. The van der Waals surface area contributed by atoms with Crippen molar-refractivity contribution in [1.82, 2.24) is 9.44 Å². The third-order valence-corrected chi connectivity index (χ3v) is 4.18. The summed E-state index contributed by atoms with van der Waals surface area (Å²) in [5.74, 6) is 0. The predicted octanol–water partition coefficient (Wildman–Crippen LogP) is 3.08. The Balaban J connectivity index is 4.03. The number of hydrogen-bond acceptors (Lipinski definition) is 2. The molecule has 0 aromatic carbocycles. The first-order chi connectivity index (χ1) is 8.83. The van der Waals surface area contributed by atoms with E-state index in [0.717, 1.165) is 25.7 Å². The molecular formula is C13H25BrN2O2S. The Morgan fingerprint density at radius 2 is 1.89 bits per heavy atom. The standard InChI is InChI=1S/C13H25BrN2O2S/c1-4-5-11-15-19(17,18)16-12-9-13(2,3)8-6-7-10-14/h6,10,15-16H,4-5,8-9,11-12H2,1-3H3. The van der Waals surface area contributed by atoms with Crippen molar-refractivity contribution >= 4 is 26.1 Å². The van der Waals surface area contributed by atoms with Gasteiger partial charge in [0.1, 0.15) is 0 Å². The Morgan fingerprint density at radius 3 is 2.47 bits per heavy atom. The zero-order valence-corrected chi connectivity index (χ0v) is 14.4. The molecule has 0 aromatic heterocycles. The van der Waals surface area contributed by atoms with Gasteiger partial charge in [0.15, 0.2) is 0 Å². The average molecular weight is 353 g/mol. The molecule has 19 heavy (non-hydrogen) atoms. The zero-order chi connectivity index (χ0) is 14.8. The summed E-state index contributed by atoms with van der Waals surface area (Å²) in [6.07, 6.45) is 5.42. The van der Waals surface area contributed by atoms with Crippen LogP contribution in [0.15, 0.2) is 16.8 Å². The Hall–Kier alpha value is -0.130. The molecular weight excluding hydrogens is 328 g/mol. The lowest BCUT2D eigenvalue weighted by Crippen LogP contribution is -2.38. The maximum atomic E-state index is 11.6. The summed E-state index contributed by atoms with van der Waals surface area (Å²) in [4.78, 5) is 1.68. The second-order valence-corrected chi connectivity index (χ2v) is 7.29. The van der Waals surface area contributed by atoms with Gasteiger partial charge in [-0.3, -0.25) is 0 Å². The maximum absolute atomic E-state index is 11.6. The van der Waals surface area contributed by atoms with E-state index < -0.39 is 10.2 Å². The third-order valence-electron chi connectivity index (χ3n) is 2.75. The lowest BCUT2D eigenvalue weighted by molar-refractivity contribution is 0.340. The number of nitrogens with one attached hydrogen (secondary N) is 2. The lowest BCUT2D eigenvalue weighted by atomic mass is 9.86. The average Bonchev–Trinajstić information content (AvgIpc) is 2.28. The molecule has 0 amide bonds. The first-order valence-corrected chi connectivity index (χ1v) is 8.97. The van der Waals surface area contributed by atoms with Gasteiger partial charge in [-0.2, -0.15) is 8.42 Å². The molecule has 0 fully saturated rings. The monoisotopic (exact) mass is 352 g/mol. The molecule has 0 spiro atoms. The number of hydrogen-bond donors (Lipinski definition) is 2. The highest BCUT2D eigenvalue weighted by molar-refractivity contribution is 9.11. The van der Waals surface area contributed by atoms with Crippen LogP contribution in [0.2, 0.25) is 0 Å². The SMILES string of the molecule is CCCCNS(=O)(=O)NCCC(C)(C)CC=C=CBr. The van der Waals surface area contributed by atoms with Crippen molar-refractivity contribution in [2.75, 3.05) is 13.1 Å². The summed E-state index contributed by atoms with van der Waals surface area (Å²) in [5.41, 5.74) is 3.01. The fourth-order valence-corrected chi connectivity index (χ4v) is 2.51. The highest BCUT2D eigenvalue weighted by Gasteiger charge is 2.17. The van der Waals surface area contributed by atoms with Gasteiger partial charge < -0.3 is 0 Å². The zero-order valence-electron chi connectivity index (χ0n) is 12.0. The van der Waals surface area contributed by atoms with E-state index in [0.29, 0.717) is 13.1 Å². The van der Waals surface area contributed by atoms with Crippen LogP contribution in [0.3, 0.4) is 0 Å².